The second-order valence-electron chi connectivity index (χ2n) is 7.83. The summed E-state index contributed by atoms with van der Waals surface area (Å²) >= 11 is 0. The van der Waals surface area contributed by atoms with Gasteiger partial charge in [-0.2, -0.15) is 0 Å². The first-order chi connectivity index (χ1) is 13.6. The van der Waals surface area contributed by atoms with Crippen molar-refractivity contribution >= 4 is 26.8 Å². The van der Waals surface area contributed by atoms with E-state index in [2.05, 4.69) is 9.71 Å². The summed E-state index contributed by atoms with van der Waals surface area (Å²) in [5, 5.41) is 0. The van der Waals surface area contributed by atoms with Gasteiger partial charge in [-0.05, 0) is 48.9 Å². The van der Waals surface area contributed by atoms with Crippen LogP contribution in [-0.4, -0.2) is 33.7 Å². The maximum absolute atomic E-state index is 12.8. The van der Waals surface area contributed by atoms with Gasteiger partial charge in [0.25, 0.3) is 10.0 Å². The van der Waals surface area contributed by atoms with Crippen LogP contribution in [0.1, 0.15) is 32.2 Å². The van der Waals surface area contributed by atoms with Crippen molar-refractivity contribution in [1.29, 1.82) is 0 Å². The molecule has 3 aromatic rings. The Balaban J connectivity index is 1.82. The standard InChI is InChI=1S/C21H26N2O5S/c1-14-12-16(7-9-18(14)27-11-10-26-5)29(24,25)23-15-6-8-19-17(13-15)22-20(28-19)21(2,3)4/h6-9,12-13,23H,10-11H2,1-5H3. The molecule has 0 unspecified atom stereocenters. The van der Waals surface area contributed by atoms with E-state index in [0.717, 1.165) is 5.56 Å². The number of aromatic nitrogens is 1. The van der Waals surface area contributed by atoms with Gasteiger partial charge in [-0.25, -0.2) is 13.4 Å². The van der Waals surface area contributed by atoms with E-state index in [1.807, 2.05) is 20.8 Å². The molecule has 2 aromatic carbocycles. The SMILES string of the molecule is COCCOc1ccc(S(=O)(=O)Nc2ccc3oc(C(C)(C)C)nc3c2)cc1C. The summed E-state index contributed by atoms with van der Waals surface area (Å²) in [4.78, 5) is 4.64. The lowest BCUT2D eigenvalue weighted by molar-refractivity contribution is 0.146. The first-order valence-electron chi connectivity index (χ1n) is 9.26. The zero-order valence-corrected chi connectivity index (χ0v) is 18.1. The minimum Gasteiger partial charge on any atom is -0.491 e. The number of aryl methyl sites for hydroxylation is 1. The predicted octanol–water partition coefficient (Wildman–Crippen LogP) is 4.26. The largest absolute Gasteiger partial charge is 0.491 e. The van der Waals surface area contributed by atoms with Gasteiger partial charge in [0, 0.05) is 12.5 Å². The van der Waals surface area contributed by atoms with Crippen LogP contribution in [0.3, 0.4) is 0 Å². The summed E-state index contributed by atoms with van der Waals surface area (Å²) in [5.41, 5.74) is 2.14. The van der Waals surface area contributed by atoms with Crippen LogP contribution in [0.4, 0.5) is 5.69 Å². The van der Waals surface area contributed by atoms with Crippen molar-refractivity contribution in [3.63, 3.8) is 0 Å². The van der Waals surface area contributed by atoms with Crippen molar-refractivity contribution in [1.82, 2.24) is 4.98 Å². The molecule has 1 N–H and O–H groups in total. The van der Waals surface area contributed by atoms with E-state index < -0.39 is 10.0 Å². The van der Waals surface area contributed by atoms with Crippen LogP contribution < -0.4 is 9.46 Å². The number of anilines is 1. The molecule has 0 bridgehead atoms. The average Bonchev–Trinajstić information content (AvgIpc) is 3.06. The zero-order chi connectivity index (χ0) is 21.2. The number of fused-ring (bicyclic) bond motifs is 1. The van der Waals surface area contributed by atoms with Gasteiger partial charge in [-0.15, -0.1) is 0 Å². The third-order valence-corrected chi connectivity index (χ3v) is 5.66. The molecule has 0 aliphatic rings. The van der Waals surface area contributed by atoms with E-state index in [1.54, 1.807) is 44.4 Å². The highest BCUT2D eigenvalue weighted by Crippen LogP contribution is 2.28. The quantitative estimate of drug-likeness (QED) is 0.577. The summed E-state index contributed by atoms with van der Waals surface area (Å²) in [6.07, 6.45) is 0. The molecule has 29 heavy (non-hydrogen) atoms. The molecule has 0 fully saturated rings. The second kappa shape index (κ2) is 8.04. The number of nitrogens with zero attached hydrogens (tertiary/aromatic N) is 1. The van der Waals surface area contributed by atoms with Crippen LogP contribution >= 0.6 is 0 Å². The van der Waals surface area contributed by atoms with Crippen molar-refractivity contribution in [2.24, 2.45) is 0 Å². The van der Waals surface area contributed by atoms with E-state index in [0.29, 0.717) is 41.6 Å². The van der Waals surface area contributed by atoms with Gasteiger partial charge >= 0.3 is 0 Å². The molecule has 7 nitrogen and oxygen atoms in total. The highest BCUT2D eigenvalue weighted by molar-refractivity contribution is 7.92. The molecule has 0 saturated heterocycles. The number of rotatable bonds is 7. The average molecular weight is 419 g/mol. The molecule has 0 radical (unpaired) electrons. The lowest BCUT2D eigenvalue weighted by Gasteiger charge is -2.12. The second-order valence-corrected chi connectivity index (χ2v) is 9.51. The fraction of sp³-hybridized carbons (Fsp3) is 0.381. The van der Waals surface area contributed by atoms with Crippen molar-refractivity contribution < 1.29 is 22.3 Å². The molecule has 0 atom stereocenters. The van der Waals surface area contributed by atoms with Crippen molar-refractivity contribution in [3.8, 4) is 5.75 Å². The highest BCUT2D eigenvalue weighted by Gasteiger charge is 2.22. The Hall–Kier alpha value is -2.58. The smallest absolute Gasteiger partial charge is 0.261 e. The molecule has 3 rings (SSSR count). The van der Waals surface area contributed by atoms with Crippen LogP contribution in [0, 0.1) is 6.92 Å². The molecule has 1 heterocycles. The molecular formula is C21H26N2O5S. The third kappa shape index (κ3) is 4.89. The Morgan fingerprint density at radius 2 is 1.86 bits per heavy atom. The predicted molar refractivity (Wildman–Crippen MR) is 112 cm³/mol. The fourth-order valence-electron chi connectivity index (χ4n) is 2.71. The molecular weight excluding hydrogens is 392 g/mol. The van der Waals surface area contributed by atoms with Crippen molar-refractivity contribution in [3.05, 3.63) is 47.9 Å². The first kappa shape index (κ1) is 21.1. The fourth-order valence-corrected chi connectivity index (χ4v) is 3.85. The van der Waals surface area contributed by atoms with Gasteiger partial charge in [0.1, 0.15) is 17.9 Å². The van der Waals surface area contributed by atoms with Gasteiger partial charge < -0.3 is 13.9 Å². The number of benzene rings is 2. The van der Waals surface area contributed by atoms with Crippen molar-refractivity contribution in [2.45, 2.75) is 38.0 Å². The molecule has 1 aromatic heterocycles. The normalized spacial score (nSPS) is 12.3. The summed E-state index contributed by atoms with van der Waals surface area (Å²) in [5.74, 6) is 1.23. The van der Waals surface area contributed by atoms with Crippen LogP contribution in [0.5, 0.6) is 5.75 Å². The van der Waals surface area contributed by atoms with Crippen LogP contribution in [0.15, 0.2) is 45.7 Å². The topological polar surface area (TPSA) is 90.7 Å². The molecule has 0 aliphatic carbocycles. The number of hydrogen-bond donors (Lipinski definition) is 1. The van der Waals surface area contributed by atoms with Gasteiger partial charge in [0.15, 0.2) is 5.58 Å². The van der Waals surface area contributed by atoms with Crippen LogP contribution in [0.25, 0.3) is 11.1 Å². The molecule has 0 saturated carbocycles. The van der Waals surface area contributed by atoms with Crippen molar-refractivity contribution in [2.75, 3.05) is 25.0 Å². The van der Waals surface area contributed by atoms with E-state index >= 15 is 0 Å². The minimum absolute atomic E-state index is 0.157. The first-order valence-corrected chi connectivity index (χ1v) is 10.7. The minimum atomic E-state index is -3.76. The van der Waals surface area contributed by atoms with Gasteiger partial charge in [0.2, 0.25) is 5.89 Å². The molecule has 0 aliphatic heterocycles. The van der Waals surface area contributed by atoms with Gasteiger partial charge in [-0.1, -0.05) is 20.8 Å². The lowest BCUT2D eigenvalue weighted by Crippen LogP contribution is -2.13. The zero-order valence-electron chi connectivity index (χ0n) is 17.3. The Kier molecular flexibility index (Phi) is 5.86. The van der Waals surface area contributed by atoms with E-state index in [-0.39, 0.29) is 10.3 Å². The summed E-state index contributed by atoms with van der Waals surface area (Å²) in [6.45, 7) is 8.68. The van der Waals surface area contributed by atoms with Gasteiger partial charge in [0.05, 0.1) is 17.2 Å². The Labute approximate surface area is 171 Å². The summed E-state index contributed by atoms with van der Waals surface area (Å²) < 4.78 is 44.5. The van der Waals surface area contributed by atoms with Crippen LogP contribution in [-0.2, 0) is 20.2 Å². The summed E-state index contributed by atoms with van der Waals surface area (Å²) in [7, 11) is -2.16. The number of nitrogens with one attached hydrogen (secondary N) is 1. The Bertz CT molecular complexity index is 1110. The van der Waals surface area contributed by atoms with E-state index in [9.17, 15) is 8.42 Å². The van der Waals surface area contributed by atoms with Gasteiger partial charge in [-0.3, -0.25) is 4.72 Å². The number of methoxy groups -OCH3 is 1. The molecule has 156 valence electrons. The Morgan fingerprint density at radius 1 is 1.10 bits per heavy atom. The number of ether oxygens (including phenoxy) is 2. The van der Waals surface area contributed by atoms with E-state index in [1.165, 1.54) is 6.07 Å². The van der Waals surface area contributed by atoms with Crippen LogP contribution in [0.2, 0.25) is 0 Å². The molecule has 0 spiro atoms. The van der Waals surface area contributed by atoms with E-state index in [4.69, 9.17) is 13.9 Å². The number of oxazole rings is 1. The maximum atomic E-state index is 12.8. The summed E-state index contributed by atoms with van der Waals surface area (Å²) in [6, 6.07) is 9.79. The Morgan fingerprint density at radius 3 is 2.52 bits per heavy atom. The number of sulfonamides is 1. The number of hydrogen-bond acceptors (Lipinski definition) is 6. The monoisotopic (exact) mass is 418 g/mol. The molecule has 0 amide bonds. The highest BCUT2D eigenvalue weighted by atomic mass is 32.2. The lowest BCUT2D eigenvalue weighted by atomic mass is 9.97. The third-order valence-electron chi connectivity index (χ3n) is 4.28. The maximum Gasteiger partial charge on any atom is 0.261 e. The molecule has 8 heteroatoms.